The molecule has 1 aliphatic rings. The maximum absolute atomic E-state index is 14.2. The van der Waals surface area contributed by atoms with Crippen LogP contribution < -0.4 is 10.0 Å². The molecule has 1 aromatic heterocycles. The summed E-state index contributed by atoms with van der Waals surface area (Å²) in [6.45, 7) is 3.74. The Morgan fingerprint density at radius 2 is 2.04 bits per heavy atom. The van der Waals surface area contributed by atoms with E-state index in [4.69, 9.17) is 4.52 Å². The molecule has 9 heteroatoms. The van der Waals surface area contributed by atoms with Crippen LogP contribution in [0.2, 0.25) is 0 Å². The number of carbonyl (C=O) groups is 1. The second kappa shape index (κ2) is 5.90. The van der Waals surface area contributed by atoms with E-state index in [1.54, 1.807) is 0 Å². The molecule has 2 aromatic rings. The fourth-order valence-electron chi connectivity index (χ4n) is 2.39. The summed E-state index contributed by atoms with van der Waals surface area (Å²) in [6.07, 6.45) is 0.581. The average molecular weight is 353 g/mol. The van der Waals surface area contributed by atoms with Crippen LogP contribution in [-0.2, 0) is 21.2 Å². The fraction of sp³-hybridized carbons (Fsp3) is 0.333. The van der Waals surface area contributed by atoms with Gasteiger partial charge in [0.15, 0.2) is 5.82 Å². The maximum atomic E-state index is 14.2. The molecule has 3 rings (SSSR count). The molecule has 0 radical (unpaired) electrons. The largest absolute Gasteiger partial charge is 0.359 e. The van der Waals surface area contributed by atoms with E-state index in [0.29, 0.717) is 23.4 Å². The van der Waals surface area contributed by atoms with Gasteiger partial charge in [0.2, 0.25) is 5.91 Å². The van der Waals surface area contributed by atoms with Crippen molar-refractivity contribution in [1.82, 2.24) is 5.16 Å². The van der Waals surface area contributed by atoms with E-state index in [0.717, 1.165) is 6.07 Å². The fourth-order valence-corrected chi connectivity index (χ4v) is 3.48. The first-order valence-corrected chi connectivity index (χ1v) is 8.86. The summed E-state index contributed by atoms with van der Waals surface area (Å²) in [5.74, 6) is -0.624. The first-order valence-electron chi connectivity index (χ1n) is 7.38. The number of aryl methyl sites for hydroxylation is 1. The first kappa shape index (κ1) is 16.4. The highest BCUT2D eigenvalue weighted by Gasteiger charge is 2.25. The molecular weight excluding hydrogens is 337 g/mol. The number of amides is 1. The van der Waals surface area contributed by atoms with Gasteiger partial charge in [-0.05, 0) is 24.1 Å². The number of hydrogen-bond acceptors (Lipinski definition) is 5. The van der Waals surface area contributed by atoms with Gasteiger partial charge in [-0.15, -0.1) is 0 Å². The van der Waals surface area contributed by atoms with Crippen LogP contribution >= 0.6 is 0 Å². The van der Waals surface area contributed by atoms with Gasteiger partial charge in [0.1, 0.15) is 16.5 Å². The van der Waals surface area contributed by atoms with Crippen molar-refractivity contribution < 1.29 is 22.1 Å². The summed E-state index contributed by atoms with van der Waals surface area (Å²) in [5, 5.41) is 6.15. The number of fused-ring (bicyclic) bond motifs is 1. The lowest BCUT2D eigenvalue weighted by molar-refractivity contribution is -0.116. The molecule has 0 atom stereocenters. The summed E-state index contributed by atoms with van der Waals surface area (Å²) in [6, 6.07) is 3.71. The maximum Gasteiger partial charge on any atom is 0.266 e. The van der Waals surface area contributed by atoms with Crippen LogP contribution in [0.25, 0.3) is 0 Å². The Bertz CT molecular complexity index is 905. The normalized spacial score (nSPS) is 14.4. The van der Waals surface area contributed by atoms with Crippen molar-refractivity contribution in [3.63, 3.8) is 0 Å². The number of carbonyl (C=O) groups excluding carboxylic acids is 1. The lowest BCUT2D eigenvalue weighted by atomic mass is 10.0. The molecule has 1 amide bonds. The van der Waals surface area contributed by atoms with Crippen LogP contribution in [0.1, 0.15) is 37.5 Å². The van der Waals surface area contributed by atoms with Gasteiger partial charge >= 0.3 is 0 Å². The highest BCUT2D eigenvalue weighted by molar-refractivity contribution is 7.92. The lowest BCUT2D eigenvalue weighted by Gasteiger charge is -2.18. The molecule has 24 heavy (non-hydrogen) atoms. The van der Waals surface area contributed by atoms with Gasteiger partial charge < -0.3 is 9.84 Å². The number of nitrogens with one attached hydrogen (secondary N) is 2. The van der Waals surface area contributed by atoms with Crippen LogP contribution in [-0.4, -0.2) is 19.5 Å². The van der Waals surface area contributed by atoms with E-state index >= 15 is 0 Å². The molecular formula is C15H16FN3O4S. The highest BCUT2D eigenvalue weighted by Crippen LogP contribution is 2.29. The molecule has 128 valence electrons. The van der Waals surface area contributed by atoms with Crippen LogP contribution in [0.3, 0.4) is 0 Å². The van der Waals surface area contributed by atoms with Gasteiger partial charge in [-0.25, -0.2) is 12.8 Å². The average Bonchev–Trinajstić information content (AvgIpc) is 2.94. The smallest absolute Gasteiger partial charge is 0.266 e. The SMILES string of the molecule is CC(C)c1cc(NS(=O)(=O)c2cc3c(cc2F)NC(=O)CC3)no1. The second-order valence-electron chi connectivity index (χ2n) is 5.86. The van der Waals surface area contributed by atoms with Gasteiger partial charge in [0, 0.05) is 24.1 Å². The molecule has 1 aliphatic heterocycles. The molecule has 2 N–H and O–H groups in total. The van der Waals surface area contributed by atoms with E-state index in [9.17, 15) is 17.6 Å². The molecule has 0 saturated carbocycles. The van der Waals surface area contributed by atoms with E-state index < -0.39 is 20.7 Å². The quantitative estimate of drug-likeness (QED) is 0.880. The van der Waals surface area contributed by atoms with E-state index in [1.807, 2.05) is 13.8 Å². The molecule has 7 nitrogen and oxygen atoms in total. The molecule has 0 saturated heterocycles. The minimum Gasteiger partial charge on any atom is -0.359 e. The van der Waals surface area contributed by atoms with Gasteiger partial charge in [0.05, 0.1) is 0 Å². The predicted molar refractivity (Wildman–Crippen MR) is 84.8 cm³/mol. The monoisotopic (exact) mass is 353 g/mol. The van der Waals surface area contributed by atoms with Crippen LogP contribution in [0.15, 0.2) is 27.6 Å². The third kappa shape index (κ3) is 3.12. The number of aromatic nitrogens is 1. The third-order valence-electron chi connectivity index (χ3n) is 3.68. The summed E-state index contributed by atoms with van der Waals surface area (Å²) >= 11 is 0. The second-order valence-corrected chi connectivity index (χ2v) is 7.51. The zero-order valence-corrected chi connectivity index (χ0v) is 13.9. The summed E-state index contributed by atoms with van der Waals surface area (Å²) in [4.78, 5) is 10.8. The Kier molecular flexibility index (Phi) is 4.04. The van der Waals surface area contributed by atoms with E-state index in [2.05, 4.69) is 15.2 Å². The number of sulfonamides is 1. The number of rotatable bonds is 4. The van der Waals surface area contributed by atoms with Crippen LogP contribution in [0.4, 0.5) is 15.9 Å². The van der Waals surface area contributed by atoms with Gasteiger partial charge in [-0.3, -0.25) is 9.52 Å². The Labute approximate surface area is 138 Å². The van der Waals surface area contributed by atoms with Gasteiger partial charge in [-0.2, -0.15) is 0 Å². The summed E-state index contributed by atoms with van der Waals surface area (Å²) in [5.41, 5.74) is 0.866. The number of halogens is 1. The van der Waals surface area contributed by atoms with Crippen molar-refractivity contribution in [2.75, 3.05) is 10.0 Å². The number of anilines is 2. The standard InChI is InChI=1S/C15H16FN3O4S/c1-8(2)12-7-14(18-23-12)19-24(21,22)13-5-9-3-4-15(20)17-11(9)6-10(13)16/h5-8H,3-4H2,1-2H3,(H,17,20)(H,18,19). The highest BCUT2D eigenvalue weighted by atomic mass is 32.2. The summed E-state index contributed by atoms with van der Waals surface area (Å²) in [7, 11) is -4.16. The lowest BCUT2D eigenvalue weighted by Crippen LogP contribution is -2.21. The minimum absolute atomic E-state index is 0.0101. The van der Waals surface area contributed by atoms with E-state index in [-0.39, 0.29) is 24.1 Å². The van der Waals surface area contributed by atoms with Crippen molar-refractivity contribution in [2.45, 2.75) is 37.5 Å². The van der Waals surface area contributed by atoms with Crippen molar-refractivity contribution in [1.29, 1.82) is 0 Å². The molecule has 0 bridgehead atoms. The van der Waals surface area contributed by atoms with E-state index in [1.165, 1.54) is 12.1 Å². The van der Waals surface area contributed by atoms with Crippen molar-refractivity contribution in [3.05, 3.63) is 35.3 Å². The van der Waals surface area contributed by atoms with Crippen molar-refractivity contribution >= 4 is 27.4 Å². The molecule has 2 heterocycles. The van der Waals surface area contributed by atoms with Gasteiger partial charge in [0.25, 0.3) is 10.0 Å². The van der Waals surface area contributed by atoms with Crippen molar-refractivity contribution in [3.8, 4) is 0 Å². The first-order chi connectivity index (χ1) is 11.3. The topological polar surface area (TPSA) is 101 Å². The molecule has 0 unspecified atom stereocenters. The van der Waals surface area contributed by atoms with Gasteiger partial charge in [-0.1, -0.05) is 19.0 Å². The third-order valence-corrected chi connectivity index (χ3v) is 5.05. The Hall–Kier alpha value is -2.42. The Balaban J connectivity index is 1.93. The molecule has 0 aliphatic carbocycles. The molecule has 1 aromatic carbocycles. The number of nitrogens with zero attached hydrogens (tertiary/aromatic N) is 1. The minimum atomic E-state index is -4.16. The number of hydrogen-bond donors (Lipinski definition) is 2. The zero-order valence-electron chi connectivity index (χ0n) is 13.1. The Morgan fingerprint density at radius 3 is 2.71 bits per heavy atom. The summed E-state index contributed by atoms with van der Waals surface area (Å²) < 4.78 is 46.3. The van der Waals surface area contributed by atoms with Crippen molar-refractivity contribution in [2.24, 2.45) is 0 Å². The van der Waals surface area contributed by atoms with Crippen LogP contribution in [0.5, 0.6) is 0 Å². The van der Waals surface area contributed by atoms with Crippen LogP contribution in [0, 0.1) is 5.82 Å². The molecule has 0 spiro atoms. The molecule has 0 fully saturated rings. The Morgan fingerprint density at radius 1 is 1.29 bits per heavy atom. The number of benzene rings is 1. The predicted octanol–water partition coefficient (Wildman–Crippen LogP) is 2.62. The zero-order chi connectivity index (χ0) is 17.5.